The van der Waals surface area contributed by atoms with E-state index in [0.29, 0.717) is 73.1 Å². The Labute approximate surface area is 377 Å². The highest BCUT2D eigenvalue weighted by Crippen LogP contribution is 2.62. The third-order valence-corrected chi connectivity index (χ3v) is 12.9. The maximum absolute atomic E-state index is 14.6. The fourth-order valence-electron chi connectivity index (χ4n) is 10.1. The number of rotatable bonds is 22. The molecule has 0 bridgehead atoms. The van der Waals surface area contributed by atoms with Crippen LogP contribution < -0.4 is 14.2 Å². The number of amides is 1. The zero-order chi connectivity index (χ0) is 44.9. The molecular formula is C51H64N2O11. The van der Waals surface area contributed by atoms with E-state index in [0.717, 1.165) is 61.5 Å². The van der Waals surface area contributed by atoms with Crippen molar-refractivity contribution in [3.05, 3.63) is 108 Å². The van der Waals surface area contributed by atoms with Crippen LogP contribution in [0.3, 0.4) is 0 Å². The summed E-state index contributed by atoms with van der Waals surface area (Å²) in [5.41, 5.74) is 3.74. The molecule has 3 aromatic rings. The normalized spacial score (nSPS) is 25.2. The molecule has 344 valence electrons. The molecule has 1 amide bonds. The van der Waals surface area contributed by atoms with Gasteiger partial charge in [0.15, 0.2) is 6.29 Å². The van der Waals surface area contributed by atoms with Gasteiger partial charge in [0.2, 0.25) is 12.1 Å². The number of hydrogen-bond acceptors (Lipinski definition) is 12. The molecule has 1 unspecified atom stereocenters. The van der Waals surface area contributed by atoms with Crippen LogP contribution in [-0.4, -0.2) is 91.4 Å². The number of oxime groups is 1. The number of ether oxygens (including phenoxy) is 6. The summed E-state index contributed by atoms with van der Waals surface area (Å²) in [6, 6.07) is 19.7. The van der Waals surface area contributed by atoms with Crippen molar-refractivity contribution in [1.82, 2.24) is 4.90 Å². The van der Waals surface area contributed by atoms with E-state index >= 15 is 0 Å². The zero-order valence-corrected chi connectivity index (χ0v) is 37.2. The zero-order valence-electron chi connectivity index (χ0n) is 37.2. The highest BCUT2D eigenvalue weighted by molar-refractivity contribution is 6.03. The first-order valence-corrected chi connectivity index (χ1v) is 23.0. The maximum Gasteiger partial charge on any atom is 0.410 e. The van der Waals surface area contributed by atoms with Gasteiger partial charge in [0.25, 0.3) is 0 Å². The van der Waals surface area contributed by atoms with Gasteiger partial charge in [-0.25, -0.2) is 4.79 Å². The number of aliphatic hydroxyl groups excluding tert-OH is 2. The van der Waals surface area contributed by atoms with Gasteiger partial charge in [-0.15, -0.1) is 6.58 Å². The minimum atomic E-state index is -1.44. The van der Waals surface area contributed by atoms with Crippen LogP contribution in [0, 0.1) is 17.8 Å². The average Bonchev–Trinajstić information content (AvgIpc) is 3.33. The van der Waals surface area contributed by atoms with Crippen LogP contribution in [0.15, 0.2) is 96.2 Å². The van der Waals surface area contributed by atoms with Gasteiger partial charge in [-0.2, -0.15) is 0 Å². The van der Waals surface area contributed by atoms with Gasteiger partial charge in [-0.05, 0) is 104 Å². The second-order valence-corrected chi connectivity index (χ2v) is 17.0. The lowest BCUT2D eigenvalue weighted by molar-refractivity contribution is -0.255. The Morgan fingerprint density at radius 1 is 1.00 bits per heavy atom. The highest BCUT2D eigenvalue weighted by atomic mass is 16.8. The molecule has 2 aliphatic heterocycles. The molecule has 4 aliphatic rings. The van der Waals surface area contributed by atoms with E-state index in [1.54, 1.807) is 29.2 Å². The first-order valence-electron chi connectivity index (χ1n) is 23.0. The molecule has 1 saturated carbocycles. The molecule has 64 heavy (non-hydrogen) atoms. The molecule has 2 fully saturated rings. The van der Waals surface area contributed by atoms with Crippen molar-refractivity contribution < 1.29 is 53.1 Å². The van der Waals surface area contributed by atoms with Crippen LogP contribution in [-0.2, 0) is 25.7 Å². The molecule has 2 N–H and O–H groups in total. The van der Waals surface area contributed by atoms with Gasteiger partial charge in [0.1, 0.15) is 35.6 Å². The number of methoxy groups -OCH3 is 1. The van der Waals surface area contributed by atoms with E-state index in [4.69, 9.17) is 38.4 Å². The second-order valence-electron chi connectivity index (χ2n) is 17.0. The third kappa shape index (κ3) is 10.5. The van der Waals surface area contributed by atoms with Crippen molar-refractivity contribution in [2.24, 2.45) is 22.9 Å². The van der Waals surface area contributed by atoms with Gasteiger partial charge in [-0.1, -0.05) is 67.4 Å². The molecule has 2 aliphatic carbocycles. The van der Waals surface area contributed by atoms with Crippen molar-refractivity contribution in [3.63, 3.8) is 0 Å². The standard InChI is InChI=1S/C51H64N2O11/c1-4-24-53(50(57)60-34-35-15-7-6-8-16-35)46-32-43(52-64-47-19-11-14-28-59-47)41-30-36(17-9-12-25-54)40(18-10-13-26-55)48-42-31-39(62-38-20-22-44(58-3)37(29-38)33-56)21-23-45(42)63-51(46,49(41)48)61-27-5-2/h5-8,15-16,20-23,29-31,33,36,40,46-49,54-55H,2,4,9-14,17-19,24-28,32,34H2,1,3H3/t36-,40+,46-,47?,48+,49+,51+/m0/s1. The van der Waals surface area contributed by atoms with Gasteiger partial charge in [-0.3, -0.25) is 9.69 Å². The molecule has 1 saturated heterocycles. The Bertz CT molecular complexity index is 2090. The molecule has 0 aromatic heterocycles. The fraction of sp³-hybridized carbons (Fsp3) is 0.510. The Hall–Kier alpha value is -5.21. The molecule has 7 rings (SSSR count). The summed E-state index contributed by atoms with van der Waals surface area (Å²) in [5, 5.41) is 24.9. The lowest BCUT2D eigenvalue weighted by Gasteiger charge is -2.60. The summed E-state index contributed by atoms with van der Waals surface area (Å²) in [6.07, 6.45) is 11.7. The predicted molar refractivity (Wildman–Crippen MR) is 242 cm³/mol. The number of aldehydes is 1. The molecular weight excluding hydrogens is 817 g/mol. The monoisotopic (exact) mass is 880 g/mol. The summed E-state index contributed by atoms with van der Waals surface area (Å²) < 4.78 is 38.4. The van der Waals surface area contributed by atoms with E-state index in [9.17, 15) is 19.8 Å². The van der Waals surface area contributed by atoms with Crippen LogP contribution in [0.2, 0.25) is 0 Å². The lowest BCUT2D eigenvalue weighted by atomic mass is 9.55. The SMILES string of the molecule is C=CCO[C@@]12Oc3ccc(Oc4ccc(OC)c(C=O)c4)cc3[C@H]3[C@H](CCCCO)[C@@H](CCCCO)C=C(C(=NOC4CCCCO4)C[C@@H]1N(CCC)C(=O)OCc1ccccc1)[C@H]32. The number of benzene rings is 3. The number of fused-ring (bicyclic) bond motifs is 2. The quantitative estimate of drug-likeness (QED) is 0.0429. The Balaban J connectivity index is 1.41. The summed E-state index contributed by atoms with van der Waals surface area (Å²) in [5.74, 6) is -0.119. The van der Waals surface area contributed by atoms with Gasteiger partial charge >= 0.3 is 6.09 Å². The van der Waals surface area contributed by atoms with Crippen LogP contribution in [0.25, 0.3) is 0 Å². The van der Waals surface area contributed by atoms with Crippen LogP contribution >= 0.6 is 0 Å². The van der Waals surface area contributed by atoms with Crippen molar-refractivity contribution in [3.8, 4) is 23.0 Å². The molecule has 3 aromatic carbocycles. The van der Waals surface area contributed by atoms with E-state index in [-0.39, 0.29) is 50.6 Å². The third-order valence-electron chi connectivity index (χ3n) is 12.9. The first-order chi connectivity index (χ1) is 31.4. The van der Waals surface area contributed by atoms with E-state index in [1.807, 2.05) is 55.5 Å². The topological polar surface area (TPSA) is 155 Å². The summed E-state index contributed by atoms with van der Waals surface area (Å²) in [7, 11) is 1.52. The number of unbranched alkanes of at least 4 members (excludes halogenated alkanes) is 2. The minimum absolute atomic E-state index is 0.0125. The van der Waals surface area contributed by atoms with Crippen molar-refractivity contribution in [2.45, 2.75) is 108 Å². The van der Waals surface area contributed by atoms with Crippen molar-refractivity contribution >= 4 is 18.1 Å². The minimum Gasteiger partial charge on any atom is -0.496 e. The molecule has 13 nitrogen and oxygen atoms in total. The molecule has 13 heteroatoms. The predicted octanol–water partition coefficient (Wildman–Crippen LogP) is 9.51. The van der Waals surface area contributed by atoms with Gasteiger partial charge in [0, 0.05) is 44.1 Å². The molecule has 0 radical (unpaired) electrons. The van der Waals surface area contributed by atoms with E-state index in [2.05, 4.69) is 12.7 Å². The number of carbonyl (C=O) groups is 2. The van der Waals surface area contributed by atoms with E-state index in [1.165, 1.54) is 7.11 Å². The maximum atomic E-state index is 14.6. The molecule has 7 atom stereocenters. The number of allylic oxidation sites excluding steroid dienone is 1. The average molecular weight is 881 g/mol. The number of carbonyl (C=O) groups excluding carboxylic acids is 2. The number of nitrogens with zero attached hydrogens (tertiary/aromatic N) is 2. The highest BCUT2D eigenvalue weighted by Gasteiger charge is 2.65. The summed E-state index contributed by atoms with van der Waals surface area (Å²) >= 11 is 0. The Morgan fingerprint density at radius 2 is 1.78 bits per heavy atom. The van der Waals surface area contributed by atoms with Crippen molar-refractivity contribution in [1.29, 1.82) is 0 Å². The second kappa shape index (κ2) is 22.6. The first kappa shape index (κ1) is 46.8. The summed E-state index contributed by atoms with van der Waals surface area (Å²) in [4.78, 5) is 34.6. The Kier molecular flexibility index (Phi) is 16.5. The number of hydrogen-bond donors (Lipinski definition) is 2. The fourth-order valence-corrected chi connectivity index (χ4v) is 10.1. The largest absolute Gasteiger partial charge is 0.496 e. The van der Waals surface area contributed by atoms with Crippen LogP contribution in [0.5, 0.6) is 23.0 Å². The van der Waals surface area contributed by atoms with Gasteiger partial charge in [0.05, 0.1) is 37.5 Å². The smallest absolute Gasteiger partial charge is 0.410 e. The number of aliphatic hydroxyl groups is 2. The molecule has 2 heterocycles. The van der Waals surface area contributed by atoms with Crippen LogP contribution in [0.1, 0.15) is 105 Å². The lowest BCUT2D eigenvalue weighted by Crippen LogP contribution is -2.70. The van der Waals surface area contributed by atoms with Gasteiger partial charge < -0.3 is 43.5 Å². The van der Waals surface area contributed by atoms with Crippen LogP contribution in [0.4, 0.5) is 4.79 Å². The summed E-state index contributed by atoms with van der Waals surface area (Å²) in [6.45, 7) is 7.39. The van der Waals surface area contributed by atoms with Crippen molar-refractivity contribution in [2.75, 3.05) is 40.1 Å². The molecule has 0 spiro atoms. The Morgan fingerprint density at radius 3 is 2.50 bits per heavy atom. The van der Waals surface area contributed by atoms with E-state index < -0.39 is 30.1 Å².